The quantitative estimate of drug-likeness (QED) is 0.743. The first-order valence-corrected chi connectivity index (χ1v) is 6.15. The van der Waals surface area contributed by atoms with Crippen molar-refractivity contribution in [2.75, 3.05) is 0 Å². The largest absolute Gasteiger partial charge is 0.506 e. The molecule has 3 aromatic rings. The van der Waals surface area contributed by atoms with Crippen LogP contribution in [0, 0.1) is 0 Å². The van der Waals surface area contributed by atoms with Crippen LogP contribution in [0.25, 0.3) is 16.7 Å². The summed E-state index contributed by atoms with van der Waals surface area (Å²) in [6, 6.07) is 7.42. The Morgan fingerprint density at radius 3 is 2.38 bits per heavy atom. The number of phenols is 1. The zero-order valence-corrected chi connectivity index (χ0v) is 11.0. The highest BCUT2D eigenvalue weighted by molar-refractivity contribution is 6.31. The minimum absolute atomic E-state index is 0.0512. The third-order valence-corrected chi connectivity index (χ3v) is 3.10. The van der Waals surface area contributed by atoms with Crippen LogP contribution < -0.4 is 0 Å². The van der Waals surface area contributed by atoms with E-state index in [0.717, 1.165) is 16.9 Å². The molecular formula is C13H7ClF3N3O. The van der Waals surface area contributed by atoms with Gasteiger partial charge in [0.2, 0.25) is 0 Å². The average Bonchev–Trinajstić information content (AvgIpc) is 2.80. The maximum Gasteiger partial charge on any atom is 0.416 e. The van der Waals surface area contributed by atoms with Crippen LogP contribution in [-0.2, 0) is 6.18 Å². The fraction of sp³-hybridized carbons (Fsp3) is 0.0769. The Morgan fingerprint density at radius 2 is 1.71 bits per heavy atom. The lowest BCUT2D eigenvalue weighted by Crippen LogP contribution is -2.06. The van der Waals surface area contributed by atoms with Gasteiger partial charge in [0.05, 0.1) is 5.56 Å². The van der Waals surface area contributed by atoms with Crippen molar-refractivity contribution >= 4 is 22.6 Å². The van der Waals surface area contributed by atoms with Crippen molar-refractivity contribution in [1.29, 1.82) is 0 Å². The summed E-state index contributed by atoms with van der Waals surface area (Å²) in [7, 11) is 0. The van der Waals surface area contributed by atoms with Crippen molar-refractivity contribution in [3.63, 3.8) is 0 Å². The molecule has 1 aromatic heterocycles. The van der Waals surface area contributed by atoms with E-state index in [4.69, 9.17) is 11.6 Å². The van der Waals surface area contributed by atoms with Crippen molar-refractivity contribution in [3.05, 3.63) is 47.0 Å². The first kappa shape index (κ1) is 13.7. The van der Waals surface area contributed by atoms with E-state index < -0.39 is 17.5 Å². The van der Waals surface area contributed by atoms with Gasteiger partial charge >= 0.3 is 6.18 Å². The van der Waals surface area contributed by atoms with Crippen LogP contribution in [0.2, 0.25) is 5.02 Å². The molecule has 0 aliphatic carbocycles. The molecule has 0 bridgehead atoms. The summed E-state index contributed by atoms with van der Waals surface area (Å²) in [6.07, 6.45) is -4.52. The van der Waals surface area contributed by atoms with Crippen LogP contribution in [0.5, 0.6) is 5.75 Å². The number of aromatic hydroxyl groups is 1. The first-order valence-electron chi connectivity index (χ1n) is 5.78. The summed E-state index contributed by atoms with van der Waals surface area (Å²) in [4.78, 5) is 1.07. The molecule has 0 atom stereocenters. The Balaban J connectivity index is 2.10. The molecule has 0 radical (unpaired) electrons. The highest BCUT2D eigenvalue weighted by Gasteiger charge is 2.31. The lowest BCUT2D eigenvalue weighted by atomic mass is 10.2. The molecule has 0 saturated heterocycles. The van der Waals surface area contributed by atoms with E-state index in [1.54, 1.807) is 18.2 Å². The predicted molar refractivity (Wildman–Crippen MR) is 70.5 cm³/mol. The Kier molecular flexibility index (Phi) is 3.02. The van der Waals surface area contributed by atoms with Crippen LogP contribution in [0.15, 0.2) is 36.4 Å². The van der Waals surface area contributed by atoms with Gasteiger partial charge in [-0.2, -0.15) is 13.2 Å². The summed E-state index contributed by atoms with van der Waals surface area (Å²) in [5.74, 6) is -0.559. The van der Waals surface area contributed by atoms with E-state index in [1.807, 2.05) is 0 Å². The van der Waals surface area contributed by atoms with Crippen LogP contribution in [0.3, 0.4) is 0 Å². The Bertz CT molecular complexity index is 829. The second kappa shape index (κ2) is 4.63. The van der Waals surface area contributed by atoms with Crippen LogP contribution in [-0.4, -0.2) is 20.1 Å². The van der Waals surface area contributed by atoms with Crippen LogP contribution >= 0.6 is 11.6 Å². The monoisotopic (exact) mass is 313 g/mol. The molecule has 0 fully saturated rings. The van der Waals surface area contributed by atoms with Crippen molar-refractivity contribution in [1.82, 2.24) is 15.0 Å². The van der Waals surface area contributed by atoms with Crippen molar-refractivity contribution in [3.8, 4) is 11.4 Å². The predicted octanol–water partition coefficient (Wildman–Crippen LogP) is 3.80. The molecule has 0 amide bonds. The van der Waals surface area contributed by atoms with Gasteiger partial charge in [0, 0.05) is 5.02 Å². The number of alkyl halides is 3. The van der Waals surface area contributed by atoms with Gasteiger partial charge in [-0.05, 0) is 36.4 Å². The molecule has 0 spiro atoms. The number of benzene rings is 2. The molecule has 0 aliphatic heterocycles. The van der Waals surface area contributed by atoms with Crippen molar-refractivity contribution in [2.45, 2.75) is 6.18 Å². The first-order chi connectivity index (χ1) is 9.84. The molecule has 21 heavy (non-hydrogen) atoms. The third-order valence-electron chi connectivity index (χ3n) is 2.86. The number of aromatic nitrogens is 3. The van der Waals surface area contributed by atoms with Gasteiger partial charge < -0.3 is 5.11 Å². The van der Waals surface area contributed by atoms with Gasteiger partial charge in [-0.15, -0.1) is 15.0 Å². The van der Waals surface area contributed by atoms with E-state index in [0.29, 0.717) is 22.1 Å². The highest BCUT2D eigenvalue weighted by atomic mass is 35.5. The summed E-state index contributed by atoms with van der Waals surface area (Å²) in [5, 5.41) is 18.4. The van der Waals surface area contributed by atoms with Gasteiger partial charge in [-0.25, -0.2) is 0 Å². The third kappa shape index (κ3) is 2.52. The van der Waals surface area contributed by atoms with E-state index in [9.17, 15) is 18.3 Å². The molecule has 0 aliphatic rings. The molecule has 3 rings (SSSR count). The van der Waals surface area contributed by atoms with Crippen LogP contribution in [0.1, 0.15) is 5.56 Å². The fourth-order valence-corrected chi connectivity index (χ4v) is 2.03. The molecule has 8 heteroatoms. The highest BCUT2D eigenvalue weighted by Crippen LogP contribution is 2.33. The molecule has 108 valence electrons. The van der Waals surface area contributed by atoms with Gasteiger partial charge in [-0.1, -0.05) is 11.6 Å². The van der Waals surface area contributed by atoms with E-state index in [1.165, 1.54) is 0 Å². The summed E-state index contributed by atoms with van der Waals surface area (Å²) in [6.45, 7) is 0. The zero-order chi connectivity index (χ0) is 15.2. The Labute approximate surface area is 121 Å². The lowest BCUT2D eigenvalue weighted by molar-refractivity contribution is -0.137. The van der Waals surface area contributed by atoms with Crippen molar-refractivity contribution < 1.29 is 18.3 Å². The minimum Gasteiger partial charge on any atom is -0.506 e. The molecule has 4 nitrogen and oxygen atoms in total. The van der Waals surface area contributed by atoms with Gasteiger partial charge in [0.15, 0.2) is 0 Å². The normalized spacial score (nSPS) is 12.0. The van der Waals surface area contributed by atoms with Gasteiger partial charge in [-0.3, -0.25) is 0 Å². The molecule has 1 N–H and O–H groups in total. The van der Waals surface area contributed by atoms with E-state index >= 15 is 0 Å². The molecule has 2 aromatic carbocycles. The molecule has 0 saturated carbocycles. The lowest BCUT2D eigenvalue weighted by Gasteiger charge is -2.09. The number of nitrogens with zero attached hydrogens (tertiary/aromatic N) is 3. The van der Waals surface area contributed by atoms with Crippen LogP contribution in [0.4, 0.5) is 13.2 Å². The maximum absolute atomic E-state index is 12.6. The molecular weight excluding hydrogens is 307 g/mol. The van der Waals surface area contributed by atoms with Gasteiger partial charge in [0.25, 0.3) is 0 Å². The topological polar surface area (TPSA) is 50.9 Å². The number of hydrogen-bond acceptors (Lipinski definition) is 3. The summed E-state index contributed by atoms with van der Waals surface area (Å²) in [5.41, 5.74) is 0.0966. The fourth-order valence-electron chi connectivity index (χ4n) is 1.86. The Morgan fingerprint density at radius 1 is 1.00 bits per heavy atom. The minimum atomic E-state index is -4.52. The summed E-state index contributed by atoms with van der Waals surface area (Å²) < 4.78 is 37.7. The number of hydrogen-bond donors (Lipinski definition) is 1. The second-order valence-electron chi connectivity index (χ2n) is 4.32. The second-order valence-corrected chi connectivity index (χ2v) is 4.76. The average molecular weight is 314 g/mol. The smallest absolute Gasteiger partial charge is 0.416 e. The van der Waals surface area contributed by atoms with E-state index in [-0.39, 0.29) is 5.69 Å². The number of rotatable bonds is 1. The standard InChI is InChI=1S/C13H7ClF3N3O/c14-8-2-3-9-10(6-8)19-20(18-9)11-4-1-7(5-12(11)21)13(15,16)17/h1-6,21H. The van der Waals surface area contributed by atoms with E-state index in [2.05, 4.69) is 10.2 Å². The number of phenolic OH excluding ortho intramolecular Hbond substituents is 1. The molecule has 1 heterocycles. The maximum atomic E-state index is 12.6. The SMILES string of the molecule is Oc1cc(C(F)(F)F)ccc1-n1nc2ccc(Cl)cc2n1. The number of halogens is 4. The molecule has 0 unspecified atom stereocenters. The Hall–Kier alpha value is -2.28. The number of fused-ring (bicyclic) bond motifs is 1. The van der Waals surface area contributed by atoms with Gasteiger partial charge in [0.1, 0.15) is 22.5 Å². The zero-order valence-electron chi connectivity index (χ0n) is 10.3. The summed E-state index contributed by atoms with van der Waals surface area (Å²) >= 11 is 5.82. The van der Waals surface area contributed by atoms with Crippen molar-refractivity contribution in [2.24, 2.45) is 0 Å².